The van der Waals surface area contributed by atoms with Crippen molar-refractivity contribution < 1.29 is 9.53 Å². The van der Waals surface area contributed by atoms with Gasteiger partial charge in [0.1, 0.15) is 17.8 Å². The zero-order valence-electron chi connectivity index (χ0n) is 16.6. The molecule has 0 saturated carbocycles. The molecule has 0 unspecified atom stereocenters. The molecule has 0 aliphatic carbocycles. The SMILES string of the molecule is Cc1cccc(CN2CCc3nnc(CCNC(=O)[C@H]4CCCO4)n3CC2)c1. The average molecular weight is 383 g/mol. The van der Waals surface area contributed by atoms with Crippen LogP contribution in [0.15, 0.2) is 24.3 Å². The third kappa shape index (κ3) is 4.59. The van der Waals surface area contributed by atoms with Gasteiger partial charge in [0.05, 0.1) is 0 Å². The molecule has 4 rings (SSSR count). The van der Waals surface area contributed by atoms with Crippen LogP contribution in [0.5, 0.6) is 0 Å². The smallest absolute Gasteiger partial charge is 0.249 e. The van der Waals surface area contributed by atoms with Crippen LogP contribution in [0.3, 0.4) is 0 Å². The molecule has 1 amide bonds. The summed E-state index contributed by atoms with van der Waals surface area (Å²) in [6.07, 6.45) is 3.12. The van der Waals surface area contributed by atoms with Crippen LogP contribution in [-0.4, -0.2) is 57.9 Å². The first-order valence-corrected chi connectivity index (χ1v) is 10.3. The number of nitrogens with zero attached hydrogens (tertiary/aromatic N) is 4. The lowest BCUT2D eigenvalue weighted by atomic mass is 10.1. The Bertz CT molecular complexity index is 813. The second-order valence-corrected chi connectivity index (χ2v) is 7.74. The minimum absolute atomic E-state index is 0.00238. The van der Waals surface area contributed by atoms with Crippen LogP contribution >= 0.6 is 0 Å². The summed E-state index contributed by atoms with van der Waals surface area (Å²) in [5, 5.41) is 11.7. The van der Waals surface area contributed by atoms with Crippen molar-refractivity contribution in [1.29, 1.82) is 0 Å². The minimum atomic E-state index is -0.273. The summed E-state index contributed by atoms with van der Waals surface area (Å²) in [4.78, 5) is 14.6. The molecule has 1 aromatic carbocycles. The van der Waals surface area contributed by atoms with E-state index < -0.39 is 0 Å². The third-order valence-corrected chi connectivity index (χ3v) is 5.55. The van der Waals surface area contributed by atoms with E-state index in [0.29, 0.717) is 19.6 Å². The van der Waals surface area contributed by atoms with E-state index in [9.17, 15) is 4.79 Å². The first-order chi connectivity index (χ1) is 13.7. The highest BCUT2D eigenvalue weighted by Crippen LogP contribution is 2.14. The summed E-state index contributed by atoms with van der Waals surface area (Å²) >= 11 is 0. The number of aryl methyl sites for hydroxylation is 1. The highest BCUT2D eigenvalue weighted by atomic mass is 16.5. The maximum absolute atomic E-state index is 12.1. The van der Waals surface area contributed by atoms with E-state index in [1.807, 2.05) is 0 Å². The van der Waals surface area contributed by atoms with Gasteiger partial charge in [0.2, 0.25) is 5.91 Å². The minimum Gasteiger partial charge on any atom is -0.368 e. The van der Waals surface area contributed by atoms with Crippen LogP contribution in [0, 0.1) is 6.92 Å². The number of aromatic nitrogens is 3. The zero-order chi connectivity index (χ0) is 19.3. The Labute approximate surface area is 166 Å². The van der Waals surface area contributed by atoms with Gasteiger partial charge in [-0.2, -0.15) is 0 Å². The molecule has 1 fully saturated rings. The number of rotatable bonds is 6. The number of hydrogen-bond donors (Lipinski definition) is 1. The van der Waals surface area contributed by atoms with Crippen molar-refractivity contribution >= 4 is 5.91 Å². The predicted molar refractivity (Wildman–Crippen MR) is 106 cm³/mol. The van der Waals surface area contributed by atoms with Gasteiger partial charge in [0.15, 0.2) is 0 Å². The molecule has 0 radical (unpaired) electrons. The molecule has 2 aliphatic rings. The van der Waals surface area contributed by atoms with Gasteiger partial charge in [-0.1, -0.05) is 29.8 Å². The summed E-state index contributed by atoms with van der Waals surface area (Å²) in [7, 11) is 0. The topological polar surface area (TPSA) is 72.3 Å². The van der Waals surface area contributed by atoms with Gasteiger partial charge in [0, 0.05) is 52.2 Å². The molecule has 0 spiro atoms. The Kier molecular flexibility index (Phi) is 6.02. The molecule has 3 heterocycles. The van der Waals surface area contributed by atoms with Crippen molar-refractivity contribution in [1.82, 2.24) is 25.0 Å². The number of fused-ring (bicyclic) bond motifs is 1. The number of benzene rings is 1. The van der Waals surface area contributed by atoms with Crippen molar-refractivity contribution in [2.24, 2.45) is 0 Å². The first-order valence-electron chi connectivity index (χ1n) is 10.3. The summed E-state index contributed by atoms with van der Waals surface area (Å²) in [5.74, 6) is 2.00. The van der Waals surface area contributed by atoms with E-state index in [1.54, 1.807) is 0 Å². The van der Waals surface area contributed by atoms with E-state index in [4.69, 9.17) is 4.74 Å². The van der Waals surface area contributed by atoms with Crippen LogP contribution < -0.4 is 5.32 Å². The zero-order valence-corrected chi connectivity index (χ0v) is 16.6. The van der Waals surface area contributed by atoms with Crippen molar-refractivity contribution in [3.05, 3.63) is 47.0 Å². The van der Waals surface area contributed by atoms with Crippen molar-refractivity contribution in [2.45, 2.75) is 51.8 Å². The Morgan fingerprint density at radius 3 is 3.04 bits per heavy atom. The second-order valence-electron chi connectivity index (χ2n) is 7.74. The molecular formula is C21H29N5O2. The first kappa shape index (κ1) is 19.1. The van der Waals surface area contributed by atoms with Gasteiger partial charge in [-0.3, -0.25) is 9.69 Å². The van der Waals surface area contributed by atoms with Crippen molar-refractivity contribution in [2.75, 3.05) is 26.2 Å². The van der Waals surface area contributed by atoms with E-state index >= 15 is 0 Å². The lowest BCUT2D eigenvalue weighted by molar-refractivity contribution is -0.130. The monoisotopic (exact) mass is 383 g/mol. The summed E-state index contributed by atoms with van der Waals surface area (Å²) in [5.41, 5.74) is 2.66. The molecule has 7 heteroatoms. The number of ether oxygens (including phenoxy) is 1. The quantitative estimate of drug-likeness (QED) is 0.818. The molecule has 7 nitrogen and oxygen atoms in total. The Morgan fingerprint density at radius 1 is 1.29 bits per heavy atom. The van der Waals surface area contributed by atoms with Crippen molar-refractivity contribution in [3.8, 4) is 0 Å². The number of carbonyl (C=O) groups is 1. The van der Waals surface area contributed by atoms with Crippen LogP contribution in [0.4, 0.5) is 0 Å². The lowest BCUT2D eigenvalue weighted by Crippen LogP contribution is -2.35. The molecule has 150 valence electrons. The molecular weight excluding hydrogens is 354 g/mol. The molecule has 28 heavy (non-hydrogen) atoms. The molecule has 2 aromatic rings. The maximum Gasteiger partial charge on any atom is 0.249 e. The second kappa shape index (κ2) is 8.84. The Balaban J connectivity index is 1.30. The van der Waals surface area contributed by atoms with Gasteiger partial charge in [0.25, 0.3) is 0 Å². The van der Waals surface area contributed by atoms with E-state index in [2.05, 4.69) is 56.2 Å². The van der Waals surface area contributed by atoms with E-state index in [-0.39, 0.29) is 12.0 Å². The third-order valence-electron chi connectivity index (χ3n) is 5.55. The summed E-state index contributed by atoms with van der Waals surface area (Å²) < 4.78 is 7.66. The van der Waals surface area contributed by atoms with E-state index in [1.165, 1.54) is 11.1 Å². The van der Waals surface area contributed by atoms with Crippen LogP contribution in [0.1, 0.15) is 35.6 Å². The van der Waals surface area contributed by atoms with Gasteiger partial charge in [-0.05, 0) is 25.3 Å². The fourth-order valence-electron chi connectivity index (χ4n) is 4.03. The normalized spacial score (nSPS) is 20.0. The van der Waals surface area contributed by atoms with Gasteiger partial charge >= 0.3 is 0 Å². The standard InChI is InChI=1S/C21H29N5O2/c1-16-4-2-5-17(14-16)15-25-10-8-20-24-23-19(26(20)12-11-25)7-9-22-21(27)18-6-3-13-28-18/h2,4-5,14,18H,3,6-13,15H2,1H3,(H,22,27)/t18-/m1/s1. The largest absolute Gasteiger partial charge is 0.368 e. The van der Waals surface area contributed by atoms with Crippen LogP contribution in [-0.2, 0) is 35.5 Å². The number of nitrogens with one attached hydrogen (secondary N) is 1. The molecule has 0 bridgehead atoms. The molecule has 1 aromatic heterocycles. The van der Waals surface area contributed by atoms with Crippen LogP contribution in [0.25, 0.3) is 0 Å². The highest BCUT2D eigenvalue weighted by Gasteiger charge is 2.23. The maximum atomic E-state index is 12.1. The summed E-state index contributed by atoms with van der Waals surface area (Å²) in [6.45, 7) is 7.22. The molecule has 1 N–H and O–H groups in total. The van der Waals surface area contributed by atoms with Crippen LogP contribution in [0.2, 0.25) is 0 Å². The molecule has 1 saturated heterocycles. The predicted octanol–water partition coefficient (Wildman–Crippen LogP) is 1.48. The Morgan fingerprint density at radius 2 is 2.21 bits per heavy atom. The van der Waals surface area contributed by atoms with Gasteiger partial charge in [-0.25, -0.2) is 0 Å². The molecule has 1 atom stereocenters. The van der Waals surface area contributed by atoms with Gasteiger partial charge < -0.3 is 14.6 Å². The van der Waals surface area contributed by atoms with Crippen molar-refractivity contribution in [3.63, 3.8) is 0 Å². The average Bonchev–Trinajstić information content (AvgIpc) is 3.30. The number of amides is 1. The van der Waals surface area contributed by atoms with Gasteiger partial charge in [-0.15, -0.1) is 10.2 Å². The number of hydrogen-bond acceptors (Lipinski definition) is 5. The number of carbonyl (C=O) groups excluding carboxylic acids is 1. The molecule has 2 aliphatic heterocycles. The highest BCUT2D eigenvalue weighted by molar-refractivity contribution is 5.80. The fraction of sp³-hybridized carbons (Fsp3) is 0.571. The summed E-state index contributed by atoms with van der Waals surface area (Å²) in [6, 6.07) is 8.71. The Hall–Kier alpha value is -2.25. The lowest BCUT2D eigenvalue weighted by Gasteiger charge is -2.20. The fourth-order valence-corrected chi connectivity index (χ4v) is 4.03. The van der Waals surface area contributed by atoms with E-state index in [0.717, 1.165) is 57.1 Å².